The Morgan fingerprint density at radius 3 is 2.85 bits per heavy atom. The molecular weight excluding hydrogens is 244 g/mol. The van der Waals surface area contributed by atoms with E-state index in [1.807, 2.05) is 12.4 Å². The summed E-state index contributed by atoms with van der Waals surface area (Å²) in [7, 11) is 0. The predicted octanol–water partition coefficient (Wildman–Crippen LogP) is 4.54. The van der Waals surface area contributed by atoms with E-state index >= 15 is 0 Å². The van der Waals surface area contributed by atoms with E-state index < -0.39 is 0 Å². The lowest BCUT2D eigenvalue weighted by Crippen LogP contribution is -2.22. The zero-order chi connectivity index (χ0) is 14.2. The molecule has 0 aliphatic carbocycles. The minimum absolute atomic E-state index is 0.819. The molecule has 0 saturated heterocycles. The molecule has 2 nitrogen and oxygen atoms in total. The van der Waals surface area contributed by atoms with Gasteiger partial charge in [0.15, 0.2) is 0 Å². The zero-order valence-electron chi connectivity index (χ0n) is 12.7. The third-order valence-electron chi connectivity index (χ3n) is 4.01. The predicted molar refractivity (Wildman–Crippen MR) is 86.8 cm³/mol. The van der Waals surface area contributed by atoms with Gasteiger partial charge in [-0.1, -0.05) is 45.2 Å². The number of benzene rings is 1. The molecule has 2 rings (SSSR count). The van der Waals surface area contributed by atoms with Crippen LogP contribution in [0.15, 0.2) is 36.7 Å². The largest absolute Gasteiger partial charge is 0.312 e. The van der Waals surface area contributed by atoms with Crippen molar-refractivity contribution in [2.24, 2.45) is 5.92 Å². The lowest BCUT2D eigenvalue weighted by Gasteiger charge is -2.15. The van der Waals surface area contributed by atoms with Crippen LogP contribution < -0.4 is 5.32 Å². The molecule has 0 aliphatic rings. The molecule has 0 radical (unpaired) electrons. The Morgan fingerprint density at radius 1 is 1.15 bits per heavy atom. The second-order valence-electron chi connectivity index (χ2n) is 5.60. The maximum atomic E-state index is 4.15. The zero-order valence-corrected chi connectivity index (χ0v) is 12.7. The number of hydrogen-bond donors (Lipinski definition) is 1. The fourth-order valence-corrected chi connectivity index (χ4v) is 2.61. The van der Waals surface area contributed by atoms with Gasteiger partial charge in [-0.25, -0.2) is 0 Å². The summed E-state index contributed by atoms with van der Waals surface area (Å²) in [6, 6.07) is 8.70. The van der Waals surface area contributed by atoms with Gasteiger partial charge in [-0.15, -0.1) is 0 Å². The number of pyridine rings is 1. The van der Waals surface area contributed by atoms with Crippen LogP contribution in [-0.4, -0.2) is 11.5 Å². The highest BCUT2D eigenvalue weighted by atomic mass is 14.9. The molecule has 2 aromatic rings. The Morgan fingerprint density at radius 2 is 2.05 bits per heavy atom. The summed E-state index contributed by atoms with van der Waals surface area (Å²) in [6.45, 7) is 6.65. The Hall–Kier alpha value is -1.41. The number of rotatable bonds is 8. The van der Waals surface area contributed by atoms with Crippen molar-refractivity contribution in [3.05, 3.63) is 42.2 Å². The maximum Gasteiger partial charge on any atom is 0.0346 e. The summed E-state index contributed by atoms with van der Waals surface area (Å²) in [6.07, 6.45) is 9.06. The van der Waals surface area contributed by atoms with Gasteiger partial charge in [0.25, 0.3) is 0 Å². The molecule has 0 fully saturated rings. The van der Waals surface area contributed by atoms with E-state index in [2.05, 4.69) is 48.4 Å². The van der Waals surface area contributed by atoms with Gasteiger partial charge in [-0.3, -0.25) is 4.98 Å². The molecule has 0 amide bonds. The van der Waals surface area contributed by atoms with Gasteiger partial charge < -0.3 is 5.32 Å². The second-order valence-corrected chi connectivity index (χ2v) is 5.60. The highest BCUT2D eigenvalue weighted by Crippen LogP contribution is 2.15. The minimum Gasteiger partial charge on any atom is -0.312 e. The SMILES string of the molecule is CCCCC(CC)CNCc1ccc2cnccc2c1. The number of fused-ring (bicyclic) bond motifs is 1. The van der Waals surface area contributed by atoms with Crippen LogP contribution in [0.1, 0.15) is 45.1 Å². The number of nitrogens with one attached hydrogen (secondary N) is 1. The minimum atomic E-state index is 0.819. The Balaban J connectivity index is 1.85. The molecule has 1 N–H and O–H groups in total. The summed E-state index contributed by atoms with van der Waals surface area (Å²) < 4.78 is 0. The first-order chi connectivity index (χ1) is 9.83. The van der Waals surface area contributed by atoms with Crippen molar-refractivity contribution in [2.45, 2.75) is 46.1 Å². The van der Waals surface area contributed by atoms with E-state index in [0.717, 1.165) is 19.0 Å². The van der Waals surface area contributed by atoms with Crippen LogP contribution >= 0.6 is 0 Å². The Kier molecular flexibility index (Phi) is 6.00. The first-order valence-corrected chi connectivity index (χ1v) is 7.86. The molecule has 20 heavy (non-hydrogen) atoms. The first-order valence-electron chi connectivity index (χ1n) is 7.86. The molecule has 0 spiro atoms. The average molecular weight is 270 g/mol. The van der Waals surface area contributed by atoms with Crippen molar-refractivity contribution in [3.63, 3.8) is 0 Å². The van der Waals surface area contributed by atoms with E-state index in [-0.39, 0.29) is 0 Å². The summed E-state index contributed by atoms with van der Waals surface area (Å²) in [5, 5.41) is 6.10. The van der Waals surface area contributed by atoms with Gasteiger partial charge in [-0.2, -0.15) is 0 Å². The van der Waals surface area contributed by atoms with Crippen LogP contribution in [0.5, 0.6) is 0 Å². The van der Waals surface area contributed by atoms with Gasteiger partial charge in [0, 0.05) is 24.3 Å². The Labute approximate surface area is 122 Å². The van der Waals surface area contributed by atoms with E-state index in [1.54, 1.807) is 0 Å². The topological polar surface area (TPSA) is 24.9 Å². The molecule has 1 aromatic heterocycles. The number of unbranched alkanes of at least 4 members (excludes halogenated alkanes) is 1. The van der Waals surface area contributed by atoms with Gasteiger partial charge in [0.05, 0.1) is 0 Å². The highest BCUT2D eigenvalue weighted by molar-refractivity contribution is 5.81. The molecule has 108 valence electrons. The molecule has 1 unspecified atom stereocenters. The maximum absolute atomic E-state index is 4.15. The molecule has 0 saturated carbocycles. The number of hydrogen-bond acceptors (Lipinski definition) is 2. The molecule has 0 bridgehead atoms. The third kappa shape index (κ3) is 4.31. The molecule has 2 heteroatoms. The fourth-order valence-electron chi connectivity index (χ4n) is 2.61. The van der Waals surface area contributed by atoms with E-state index in [0.29, 0.717) is 0 Å². The van der Waals surface area contributed by atoms with Crippen molar-refractivity contribution >= 4 is 10.8 Å². The smallest absolute Gasteiger partial charge is 0.0346 e. The van der Waals surface area contributed by atoms with Crippen LogP contribution in [0, 0.1) is 5.92 Å². The van der Waals surface area contributed by atoms with Crippen molar-refractivity contribution in [1.29, 1.82) is 0 Å². The second kappa shape index (κ2) is 8.01. The first kappa shape index (κ1) is 15.0. The quantitative estimate of drug-likeness (QED) is 0.761. The third-order valence-corrected chi connectivity index (χ3v) is 4.01. The standard InChI is InChI=1S/C18H26N2/c1-3-5-6-15(4-2)12-20-13-16-7-8-18-14-19-10-9-17(18)11-16/h7-11,14-15,20H,3-6,12-13H2,1-2H3. The normalized spacial score (nSPS) is 12.7. The van der Waals surface area contributed by atoms with Crippen LogP contribution in [-0.2, 0) is 6.54 Å². The summed E-state index contributed by atoms with van der Waals surface area (Å²) in [5.41, 5.74) is 1.36. The van der Waals surface area contributed by atoms with Crippen molar-refractivity contribution in [1.82, 2.24) is 10.3 Å². The van der Waals surface area contributed by atoms with Crippen LogP contribution in [0.3, 0.4) is 0 Å². The summed E-state index contributed by atoms with van der Waals surface area (Å²) in [4.78, 5) is 4.15. The van der Waals surface area contributed by atoms with Gasteiger partial charge >= 0.3 is 0 Å². The molecule has 1 heterocycles. The summed E-state index contributed by atoms with van der Waals surface area (Å²) in [5.74, 6) is 0.819. The number of nitrogens with zero attached hydrogens (tertiary/aromatic N) is 1. The monoisotopic (exact) mass is 270 g/mol. The Bertz CT molecular complexity index is 522. The van der Waals surface area contributed by atoms with Gasteiger partial charge in [-0.05, 0) is 42.0 Å². The molecule has 1 aromatic carbocycles. The van der Waals surface area contributed by atoms with Crippen LogP contribution in [0.4, 0.5) is 0 Å². The lowest BCUT2D eigenvalue weighted by atomic mass is 9.99. The van der Waals surface area contributed by atoms with Crippen LogP contribution in [0.2, 0.25) is 0 Å². The van der Waals surface area contributed by atoms with Crippen molar-refractivity contribution < 1.29 is 0 Å². The summed E-state index contributed by atoms with van der Waals surface area (Å²) >= 11 is 0. The molecular formula is C18H26N2. The highest BCUT2D eigenvalue weighted by Gasteiger charge is 2.05. The van der Waals surface area contributed by atoms with Gasteiger partial charge in [0.1, 0.15) is 0 Å². The number of aromatic nitrogens is 1. The molecule has 0 aliphatic heterocycles. The van der Waals surface area contributed by atoms with Crippen molar-refractivity contribution in [2.75, 3.05) is 6.54 Å². The van der Waals surface area contributed by atoms with E-state index in [1.165, 1.54) is 42.0 Å². The van der Waals surface area contributed by atoms with E-state index in [4.69, 9.17) is 0 Å². The fraction of sp³-hybridized carbons (Fsp3) is 0.500. The van der Waals surface area contributed by atoms with E-state index in [9.17, 15) is 0 Å². The lowest BCUT2D eigenvalue weighted by molar-refractivity contribution is 0.419. The van der Waals surface area contributed by atoms with Crippen molar-refractivity contribution in [3.8, 4) is 0 Å². The molecule has 1 atom stereocenters. The van der Waals surface area contributed by atoms with Gasteiger partial charge in [0.2, 0.25) is 0 Å². The average Bonchev–Trinajstić information content (AvgIpc) is 2.50. The van der Waals surface area contributed by atoms with Crippen LogP contribution in [0.25, 0.3) is 10.8 Å².